The average molecular weight is 232 g/mol. The highest BCUT2D eigenvalue weighted by atomic mass is 16.6. The van der Waals surface area contributed by atoms with Crippen LogP contribution < -0.4 is 10.6 Å². The van der Waals surface area contributed by atoms with Gasteiger partial charge in [0.25, 0.3) is 0 Å². The van der Waals surface area contributed by atoms with E-state index in [9.17, 15) is 9.59 Å². The predicted octanol–water partition coefficient (Wildman–Crippen LogP) is 0.574. The Bertz CT molecular complexity index is 248. The summed E-state index contributed by atoms with van der Waals surface area (Å²) in [5, 5.41) is 13.8. The van der Waals surface area contributed by atoms with Crippen LogP contribution in [-0.2, 0) is 9.53 Å². The lowest BCUT2D eigenvalue weighted by molar-refractivity contribution is -0.138. The summed E-state index contributed by atoms with van der Waals surface area (Å²) in [6.07, 6.45) is -0.503. The molecule has 1 amide bonds. The Morgan fingerprint density at radius 2 is 1.88 bits per heavy atom. The molecule has 0 aromatic heterocycles. The zero-order valence-electron chi connectivity index (χ0n) is 10.2. The van der Waals surface area contributed by atoms with Gasteiger partial charge in [-0.1, -0.05) is 0 Å². The summed E-state index contributed by atoms with van der Waals surface area (Å²) in [4.78, 5) is 21.6. The van der Waals surface area contributed by atoms with Crippen LogP contribution in [0, 0.1) is 0 Å². The second-order valence-corrected chi connectivity index (χ2v) is 4.44. The van der Waals surface area contributed by atoms with Crippen LogP contribution in [0.4, 0.5) is 4.79 Å². The van der Waals surface area contributed by atoms with Crippen molar-refractivity contribution in [2.24, 2.45) is 0 Å². The molecule has 0 unspecified atom stereocenters. The third-order valence-corrected chi connectivity index (χ3v) is 1.61. The Morgan fingerprint density at radius 3 is 2.31 bits per heavy atom. The second kappa shape index (κ2) is 6.32. The molecule has 0 radical (unpaired) electrons. The Kier molecular flexibility index (Phi) is 5.81. The fourth-order valence-electron chi connectivity index (χ4n) is 0.855. The lowest BCUT2D eigenvalue weighted by atomic mass is 10.2. The van der Waals surface area contributed by atoms with Gasteiger partial charge >= 0.3 is 12.1 Å². The Morgan fingerprint density at radius 1 is 1.31 bits per heavy atom. The first-order valence-corrected chi connectivity index (χ1v) is 5.15. The number of carboxylic acids is 1. The molecule has 1 atom stereocenters. The van der Waals surface area contributed by atoms with Gasteiger partial charge in [0, 0.05) is 13.1 Å². The van der Waals surface area contributed by atoms with Crippen molar-refractivity contribution >= 4 is 12.1 Å². The molecule has 0 aliphatic heterocycles. The maximum Gasteiger partial charge on any atom is 0.407 e. The number of carbonyl (C=O) groups excluding carboxylic acids is 1. The molecule has 0 bridgehead atoms. The first-order valence-electron chi connectivity index (χ1n) is 5.15. The summed E-state index contributed by atoms with van der Waals surface area (Å²) < 4.78 is 5.00. The molecule has 0 spiro atoms. The van der Waals surface area contributed by atoms with Crippen LogP contribution in [-0.4, -0.2) is 41.9 Å². The van der Waals surface area contributed by atoms with Crippen LogP contribution in [0.2, 0.25) is 0 Å². The van der Waals surface area contributed by atoms with Gasteiger partial charge in [0.2, 0.25) is 0 Å². The lowest BCUT2D eigenvalue weighted by Gasteiger charge is -2.19. The standard InChI is InChI=1S/C10H20N2O4/c1-7(8(13)14)11-5-6-12-9(15)16-10(2,3)4/h7,11H,5-6H2,1-4H3,(H,12,15)(H,13,14)/t7-/m1/s1. The van der Waals surface area contributed by atoms with E-state index in [4.69, 9.17) is 9.84 Å². The summed E-state index contributed by atoms with van der Waals surface area (Å²) in [5.41, 5.74) is -0.522. The van der Waals surface area contributed by atoms with E-state index in [-0.39, 0.29) is 0 Å². The fraction of sp³-hybridized carbons (Fsp3) is 0.800. The van der Waals surface area contributed by atoms with E-state index in [0.29, 0.717) is 13.1 Å². The van der Waals surface area contributed by atoms with Crippen molar-refractivity contribution in [1.29, 1.82) is 0 Å². The minimum atomic E-state index is -0.919. The highest BCUT2D eigenvalue weighted by Crippen LogP contribution is 2.05. The smallest absolute Gasteiger partial charge is 0.407 e. The molecule has 0 saturated carbocycles. The van der Waals surface area contributed by atoms with E-state index in [0.717, 1.165) is 0 Å². The quantitative estimate of drug-likeness (QED) is 0.603. The van der Waals surface area contributed by atoms with Crippen LogP contribution in [0.3, 0.4) is 0 Å². The number of alkyl carbamates (subject to hydrolysis) is 1. The van der Waals surface area contributed by atoms with E-state index in [1.54, 1.807) is 20.8 Å². The first kappa shape index (κ1) is 14.7. The van der Waals surface area contributed by atoms with Crippen molar-refractivity contribution < 1.29 is 19.4 Å². The minimum absolute atomic E-state index is 0.326. The topological polar surface area (TPSA) is 87.7 Å². The fourth-order valence-corrected chi connectivity index (χ4v) is 0.855. The first-order chi connectivity index (χ1) is 7.22. The van der Waals surface area contributed by atoms with Gasteiger partial charge in [0.05, 0.1) is 0 Å². The van der Waals surface area contributed by atoms with Gasteiger partial charge in [0.1, 0.15) is 11.6 Å². The molecule has 0 aliphatic carbocycles. The van der Waals surface area contributed by atoms with Crippen molar-refractivity contribution in [2.45, 2.75) is 39.3 Å². The zero-order chi connectivity index (χ0) is 12.8. The van der Waals surface area contributed by atoms with Crippen molar-refractivity contribution in [2.75, 3.05) is 13.1 Å². The number of rotatable bonds is 5. The van der Waals surface area contributed by atoms with Gasteiger partial charge in [0.15, 0.2) is 0 Å². The average Bonchev–Trinajstić information content (AvgIpc) is 2.08. The van der Waals surface area contributed by atoms with Crippen LogP contribution >= 0.6 is 0 Å². The summed E-state index contributed by atoms with van der Waals surface area (Å²) in [6.45, 7) is 7.57. The minimum Gasteiger partial charge on any atom is -0.480 e. The molecule has 0 heterocycles. The number of carbonyl (C=O) groups is 2. The molecule has 0 fully saturated rings. The molecular weight excluding hydrogens is 212 g/mol. The van der Waals surface area contributed by atoms with Crippen molar-refractivity contribution in [3.8, 4) is 0 Å². The molecule has 0 aromatic rings. The SMILES string of the molecule is C[C@@H](NCCNC(=O)OC(C)(C)C)C(=O)O. The van der Waals surface area contributed by atoms with Gasteiger partial charge in [-0.15, -0.1) is 0 Å². The normalized spacial score (nSPS) is 13.0. The number of amides is 1. The third-order valence-electron chi connectivity index (χ3n) is 1.61. The molecule has 3 N–H and O–H groups in total. The monoisotopic (exact) mass is 232 g/mol. The lowest BCUT2D eigenvalue weighted by Crippen LogP contribution is -2.40. The van der Waals surface area contributed by atoms with Gasteiger partial charge in [-0.05, 0) is 27.7 Å². The van der Waals surface area contributed by atoms with Gasteiger partial charge in [-0.3, -0.25) is 4.79 Å². The van der Waals surface area contributed by atoms with Gasteiger partial charge in [-0.2, -0.15) is 0 Å². The third kappa shape index (κ3) is 8.05. The van der Waals surface area contributed by atoms with Crippen LogP contribution in [0.5, 0.6) is 0 Å². The number of aliphatic carboxylic acids is 1. The molecular formula is C10H20N2O4. The summed E-state index contributed by atoms with van der Waals surface area (Å²) in [5.74, 6) is -0.919. The summed E-state index contributed by atoms with van der Waals surface area (Å²) >= 11 is 0. The molecule has 0 aliphatic rings. The highest BCUT2D eigenvalue weighted by Gasteiger charge is 2.15. The molecule has 0 aromatic carbocycles. The Hall–Kier alpha value is -1.30. The number of ether oxygens (including phenoxy) is 1. The zero-order valence-corrected chi connectivity index (χ0v) is 10.2. The second-order valence-electron chi connectivity index (χ2n) is 4.44. The summed E-state index contributed by atoms with van der Waals surface area (Å²) in [7, 11) is 0. The maximum absolute atomic E-state index is 11.2. The molecule has 0 saturated heterocycles. The van der Waals surface area contributed by atoms with E-state index >= 15 is 0 Å². The predicted molar refractivity (Wildman–Crippen MR) is 59.3 cm³/mol. The summed E-state index contributed by atoms with van der Waals surface area (Å²) in [6, 6.07) is -0.625. The van der Waals surface area contributed by atoms with Crippen molar-refractivity contribution in [3.63, 3.8) is 0 Å². The molecule has 6 nitrogen and oxygen atoms in total. The molecule has 16 heavy (non-hydrogen) atoms. The van der Waals surface area contributed by atoms with Gasteiger partial charge < -0.3 is 20.5 Å². The van der Waals surface area contributed by atoms with Crippen LogP contribution in [0.15, 0.2) is 0 Å². The van der Waals surface area contributed by atoms with E-state index < -0.39 is 23.7 Å². The maximum atomic E-state index is 11.2. The van der Waals surface area contributed by atoms with E-state index in [1.807, 2.05) is 0 Å². The van der Waals surface area contributed by atoms with Crippen LogP contribution in [0.25, 0.3) is 0 Å². The Balaban J connectivity index is 3.60. The van der Waals surface area contributed by atoms with E-state index in [2.05, 4.69) is 10.6 Å². The molecule has 94 valence electrons. The number of nitrogens with one attached hydrogen (secondary N) is 2. The van der Waals surface area contributed by atoms with E-state index in [1.165, 1.54) is 6.92 Å². The molecule has 6 heteroatoms. The number of carboxylic acid groups (broad SMARTS) is 1. The van der Waals surface area contributed by atoms with Crippen molar-refractivity contribution in [3.05, 3.63) is 0 Å². The number of hydrogen-bond donors (Lipinski definition) is 3. The highest BCUT2D eigenvalue weighted by molar-refractivity contribution is 5.72. The van der Waals surface area contributed by atoms with Crippen LogP contribution in [0.1, 0.15) is 27.7 Å². The molecule has 0 rings (SSSR count). The van der Waals surface area contributed by atoms with Gasteiger partial charge in [-0.25, -0.2) is 4.79 Å². The van der Waals surface area contributed by atoms with Crippen molar-refractivity contribution in [1.82, 2.24) is 10.6 Å². The Labute approximate surface area is 95.4 Å². The largest absolute Gasteiger partial charge is 0.480 e. The number of hydrogen-bond acceptors (Lipinski definition) is 4.